The minimum atomic E-state index is -0.430. The first kappa shape index (κ1) is 17.9. The van der Waals surface area contributed by atoms with Crippen LogP contribution in [-0.4, -0.2) is 83.8 Å². The van der Waals surface area contributed by atoms with Gasteiger partial charge in [-0.1, -0.05) is 11.8 Å². The zero-order valence-corrected chi connectivity index (χ0v) is 15.5. The number of fused-ring (bicyclic) bond motifs is 1. The lowest BCUT2D eigenvalue weighted by atomic mass is 9.98. The number of ether oxygens (including phenoxy) is 1. The van der Waals surface area contributed by atoms with Gasteiger partial charge in [-0.15, -0.1) is 0 Å². The Hall–Kier alpha value is -1.87. The van der Waals surface area contributed by atoms with Gasteiger partial charge in [-0.05, 0) is 19.4 Å². The molecule has 3 heterocycles. The lowest BCUT2D eigenvalue weighted by molar-refractivity contribution is -0.441. The van der Waals surface area contributed by atoms with Crippen LogP contribution >= 0.6 is 11.8 Å². The smallest absolute Gasteiger partial charge is 0.381 e. The van der Waals surface area contributed by atoms with Crippen LogP contribution in [0.25, 0.3) is 0 Å². The third-order valence-electron chi connectivity index (χ3n) is 4.70. The quantitative estimate of drug-likeness (QED) is 0.699. The average molecular weight is 367 g/mol. The average Bonchev–Trinajstić information content (AvgIpc) is 3.12. The summed E-state index contributed by atoms with van der Waals surface area (Å²) in [5.74, 6) is -0.609. The fraction of sp³-hybridized carbons (Fsp3) is 0.625. The van der Waals surface area contributed by atoms with Gasteiger partial charge in [0.05, 0.1) is 19.7 Å². The molecule has 1 N–H and O–H groups in total. The second-order valence-electron chi connectivity index (χ2n) is 6.14. The highest BCUT2D eigenvalue weighted by Gasteiger charge is 2.52. The van der Waals surface area contributed by atoms with E-state index in [0.717, 1.165) is 15.5 Å². The first-order valence-corrected chi connectivity index (χ1v) is 9.20. The van der Waals surface area contributed by atoms with E-state index in [1.54, 1.807) is 23.5 Å². The molecule has 1 fully saturated rings. The van der Waals surface area contributed by atoms with Crippen LogP contribution in [0, 0.1) is 5.92 Å². The molecule has 0 spiro atoms. The van der Waals surface area contributed by atoms with E-state index < -0.39 is 5.92 Å². The molecule has 0 aromatic carbocycles. The molecule has 136 valence electrons. The lowest BCUT2D eigenvalue weighted by Gasteiger charge is -2.24. The molecule has 3 aliphatic heterocycles. The SMILES string of the molecule is CCN1C(=O)C2C(C)=C(CN3CCNC3=O)SC2=[N+](CCOC)C1=O. The summed E-state index contributed by atoms with van der Waals surface area (Å²) in [4.78, 5) is 41.3. The van der Waals surface area contributed by atoms with E-state index >= 15 is 0 Å². The maximum atomic E-state index is 12.8. The molecule has 5 amide bonds. The summed E-state index contributed by atoms with van der Waals surface area (Å²) in [5, 5.41) is 3.52. The van der Waals surface area contributed by atoms with E-state index in [0.29, 0.717) is 39.3 Å². The third-order valence-corrected chi connectivity index (χ3v) is 6.07. The number of imide groups is 1. The van der Waals surface area contributed by atoms with E-state index in [4.69, 9.17) is 4.74 Å². The molecule has 8 nitrogen and oxygen atoms in total. The molecule has 0 saturated carbocycles. The Balaban J connectivity index is 1.93. The Morgan fingerprint density at radius 3 is 2.72 bits per heavy atom. The summed E-state index contributed by atoms with van der Waals surface area (Å²) in [5.41, 5.74) is 0.929. The number of urea groups is 2. The van der Waals surface area contributed by atoms with E-state index in [2.05, 4.69) is 5.32 Å². The monoisotopic (exact) mass is 367 g/mol. The summed E-state index contributed by atoms with van der Waals surface area (Å²) >= 11 is 1.45. The number of nitrogens with zero attached hydrogens (tertiary/aromatic N) is 3. The fourth-order valence-corrected chi connectivity index (χ4v) is 4.70. The van der Waals surface area contributed by atoms with Crippen molar-refractivity contribution in [1.29, 1.82) is 0 Å². The van der Waals surface area contributed by atoms with Crippen molar-refractivity contribution in [3.05, 3.63) is 10.5 Å². The number of carbonyl (C=O) groups excluding carboxylic acids is 3. The van der Waals surface area contributed by atoms with Crippen LogP contribution in [0.4, 0.5) is 9.59 Å². The molecule has 0 aliphatic carbocycles. The van der Waals surface area contributed by atoms with Crippen LogP contribution < -0.4 is 5.32 Å². The second-order valence-corrected chi connectivity index (χ2v) is 7.26. The first-order valence-electron chi connectivity index (χ1n) is 8.38. The number of carbonyl (C=O) groups is 3. The molecule has 1 unspecified atom stereocenters. The van der Waals surface area contributed by atoms with Crippen LogP contribution in [0.5, 0.6) is 0 Å². The largest absolute Gasteiger partial charge is 0.501 e. The first-order chi connectivity index (χ1) is 12.0. The predicted octanol–water partition coefficient (Wildman–Crippen LogP) is 0.688. The Morgan fingerprint density at radius 1 is 1.36 bits per heavy atom. The van der Waals surface area contributed by atoms with Crippen molar-refractivity contribution >= 4 is 34.8 Å². The van der Waals surface area contributed by atoms with Crippen molar-refractivity contribution in [2.24, 2.45) is 5.92 Å². The third kappa shape index (κ3) is 3.06. The minimum absolute atomic E-state index is 0.0883. The van der Waals surface area contributed by atoms with E-state index in [9.17, 15) is 14.4 Å². The van der Waals surface area contributed by atoms with E-state index in [1.165, 1.54) is 16.7 Å². The van der Waals surface area contributed by atoms with Crippen molar-refractivity contribution in [3.63, 3.8) is 0 Å². The second kappa shape index (κ2) is 7.17. The number of amides is 5. The number of rotatable bonds is 6. The highest BCUT2D eigenvalue weighted by molar-refractivity contribution is 8.17. The number of hydrogen-bond acceptors (Lipinski definition) is 5. The molecular formula is C16H23N4O4S+. The van der Waals surface area contributed by atoms with Crippen molar-refractivity contribution < 1.29 is 23.7 Å². The van der Waals surface area contributed by atoms with Crippen LogP contribution in [-0.2, 0) is 9.53 Å². The van der Waals surface area contributed by atoms with Gasteiger partial charge in [0.2, 0.25) is 0 Å². The molecule has 3 aliphatic rings. The number of hydrogen-bond donors (Lipinski definition) is 1. The molecule has 1 atom stereocenters. The van der Waals surface area contributed by atoms with Crippen LogP contribution in [0.15, 0.2) is 10.5 Å². The molecule has 0 bridgehead atoms. The topological polar surface area (TPSA) is 82.0 Å². The molecule has 0 aromatic heterocycles. The molecule has 0 aromatic rings. The van der Waals surface area contributed by atoms with Gasteiger partial charge in [0.1, 0.15) is 6.54 Å². The fourth-order valence-electron chi connectivity index (χ4n) is 3.28. The minimum Gasteiger partial charge on any atom is -0.381 e. The van der Waals surface area contributed by atoms with Crippen LogP contribution in [0.1, 0.15) is 13.8 Å². The molecule has 0 radical (unpaired) electrons. The Morgan fingerprint density at radius 2 is 2.12 bits per heavy atom. The predicted molar refractivity (Wildman–Crippen MR) is 93.5 cm³/mol. The maximum Gasteiger partial charge on any atom is 0.501 e. The maximum absolute atomic E-state index is 12.8. The summed E-state index contributed by atoms with van der Waals surface area (Å²) in [6, 6.07) is -0.383. The normalized spacial score (nSPS) is 23.8. The van der Waals surface area contributed by atoms with Crippen molar-refractivity contribution in [2.75, 3.05) is 46.4 Å². The summed E-state index contributed by atoms with van der Waals surface area (Å²) in [7, 11) is 1.59. The summed E-state index contributed by atoms with van der Waals surface area (Å²) in [6.45, 7) is 6.62. The molecule has 25 heavy (non-hydrogen) atoms. The lowest BCUT2D eigenvalue weighted by Crippen LogP contribution is -2.53. The van der Waals surface area contributed by atoms with Crippen molar-refractivity contribution in [1.82, 2.24) is 15.1 Å². The molecule has 3 rings (SSSR count). The van der Waals surface area contributed by atoms with Crippen molar-refractivity contribution in [3.8, 4) is 0 Å². The Bertz CT molecular complexity index is 688. The van der Waals surface area contributed by atoms with Gasteiger partial charge < -0.3 is 15.0 Å². The Labute approximate surface area is 150 Å². The zero-order chi connectivity index (χ0) is 18.1. The highest BCUT2D eigenvalue weighted by Crippen LogP contribution is 2.41. The van der Waals surface area contributed by atoms with Crippen molar-refractivity contribution in [2.45, 2.75) is 13.8 Å². The summed E-state index contributed by atoms with van der Waals surface area (Å²) < 4.78 is 6.76. The van der Waals surface area contributed by atoms with Gasteiger partial charge in [0.25, 0.3) is 0 Å². The zero-order valence-electron chi connectivity index (χ0n) is 14.7. The molecule has 1 saturated heterocycles. The highest BCUT2D eigenvalue weighted by atomic mass is 32.2. The van der Waals surface area contributed by atoms with E-state index in [-0.39, 0.29) is 18.0 Å². The Kier molecular flexibility index (Phi) is 5.14. The van der Waals surface area contributed by atoms with Gasteiger partial charge in [0, 0.05) is 25.1 Å². The molecule has 9 heteroatoms. The van der Waals surface area contributed by atoms with Gasteiger partial charge in [-0.2, -0.15) is 14.3 Å². The summed E-state index contributed by atoms with van der Waals surface area (Å²) in [6.07, 6.45) is 0. The van der Waals surface area contributed by atoms with Crippen LogP contribution in [0.2, 0.25) is 0 Å². The van der Waals surface area contributed by atoms with Gasteiger partial charge >= 0.3 is 18.0 Å². The van der Waals surface area contributed by atoms with E-state index in [1.807, 2.05) is 6.92 Å². The standard InChI is InChI=1S/C16H22N4O4S/c1-4-19-13(21)12-10(2)11(9-18-6-5-17-15(18)22)25-14(12)20(16(19)23)7-8-24-3/h12H,4-9H2,1-3H3/p+1. The molecular weight excluding hydrogens is 344 g/mol. The van der Waals surface area contributed by atoms with Crippen LogP contribution in [0.3, 0.4) is 0 Å². The van der Waals surface area contributed by atoms with Gasteiger partial charge in [0.15, 0.2) is 11.0 Å². The number of thioether (sulfide) groups is 1. The number of methoxy groups -OCH3 is 1. The van der Waals surface area contributed by atoms with Gasteiger partial charge in [-0.3, -0.25) is 0 Å². The number of nitrogens with one attached hydrogen (secondary N) is 1. The van der Waals surface area contributed by atoms with Gasteiger partial charge in [-0.25, -0.2) is 9.59 Å².